The summed E-state index contributed by atoms with van der Waals surface area (Å²) < 4.78 is 5.11. The molecule has 2 heterocycles. The first kappa shape index (κ1) is 19.1. The molecule has 1 atom stereocenters. The quantitative estimate of drug-likeness (QED) is 0.773. The van der Waals surface area contributed by atoms with E-state index in [1.807, 2.05) is 28.0 Å². The van der Waals surface area contributed by atoms with Crippen LogP contribution in [0.5, 0.6) is 0 Å². The number of carbonyl (C=O) groups excluding carboxylic acids is 2. The predicted octanol–water partition coefficient (Wildman–Crippen LogP) is 1.27. The number of hydrogen-bond acceptors (Lipinski definition) is 4. The van der Waals surface area contributed by atoms with Crippen molar-refractivity contribution in [1.82, 2.24) is 14.7 Å². The largest absolute Gasteiger partial charge is 0.383 e. The molecule has 2 amide bonds. The molecule has 1 aromatic rings. The minimum absolute atomic E-state index is 0.0294. The number of benzene rings is 1. The van der Waals surface area contributed by atoms with Crippen LogP contribution in [0.25, 0.3) is 0 Å². The Morgan fingerprint density at radius 3 is 2.81 bits per heavy atom. The average Bonchev–Trinajstić information content (AvgIpc) is 2.86. The number of rotatable bonds is 5. The fourth-order valence-electron chi connectivity index (χ4n) is 3.67. The van der Waals surface area contributed by atoms with Gasteiger partial charge >= 0.3 is 0 Å². The molecule has 7 heteroatoms. The lowest BCUT2D eigenvalue weighted by Crippen LogP contribution is -2.60. The molecule has 0 aliphatic carbocycles. The molecule has 1 aromatic carbocycles. The van der Waals surface area contributed by atoms with Gasteiger partial charge < -0.3 is 14.5 Å². The molecule has 0 N–H and O–H groups in total. The van der Waals surface area contributed by atoms with Gasteiger partial charge in [0.1, 0.15) is 6.04 Å². The van der Waals surface area contributed by atoms with Crippen molar-refractivity contribution in [3.05, 3.63) is 34.9 Å². The van der Waals surface area contributed by atoms with Gasteiger partial charge in [0, 0.05) is 51.4 Å². The molecular formula is C19H26ClN3O3. The van der Waals surface area contributed by atoms with E-state index in [1.54, 1.807) is 13.2 Å². The summed E-state index contributed by atoms with van der Waals surface area (Å²) in [7, 11) is 1.64. The molecule has 26 heavy (non-hydrogen) atoms. The maximum absolute atomic E-state index is 12.9. The van der Waals surface area contributed by atoms with Crippen molar-refractivity contribution in [3.63, 3.8) is 0 Å². The van der Waals surface area contributed by atoms with Crippen LogP contribution in [-0.2, 0) is 20.7 Å². The number of amides is 2. The smallest absolute Gasteiger partial charge is 0.241 e. The van der Waals surface area contributed by atoms with Gasteiger partial charge in [-0.15, -0.1) is 0 Å². The molecular weight excluding hydrogens is 354 g/mol. The summed E-state index contributed by atoms with van der Waals surface area (Å²) in [5, 5.41) is 0.608. The predicted molar refractivity (Wildman–Crippen MR) is 100 cm³/mol. The van der Waals surface area contributed by atoms with Crippen LogP contribution >= 0.6 is 11.6 Å². The highest BCUT2D eigenvalue weighted by molar-refractivity contribution is 6.31. The zero-order valence-corrected chi connectivity index (χ0v) is 16.0. The van der Waals surface area contributed by atoms with Crippen molar-refractivity contribution in [3.8, 4) is 0 Å². The van der Waals surface area contributed by atoms with Gasteiger partial charge in [-0.25, -0.2) is 0 Å². The van der Waals surface area contributed by atoms with E-state index in [0.29, 0.717) is 31.3 Å². The number of fused-ring (bicyclic) bond motifs is 1. The number of piperazine rings is 1. The van der Waals surface area contributed by atoms with E-state index in [2.05, 4.69) is 4.90 Å². The second-order valence-electron chi connectivity index (χ2n) is 6.83. The highest BCUT2D eigenvalue weighted by atomic mass is 35.5. The lowest BCUT2D eigenvalue weighted by molar-refractivity contribution is -0.143. The SMILES string of the molecule is COCCN1CCN2CCCN(C(=O)Cc3ccccc3Cl)CC2C1=O. The van der Waals surface area contributed by atoms with Crippen LogP contribution in [-0.4, -0.2) is 85.5 Å². The minimum Gasteiger partial charge on any atom is -0.383 e. The van der Waals surface area contributed by atoms with E-state index in [0.717, 1.165) is 31.6 Å². The normalized spacial score (nSPS) is 21.5. The molecule has 2 aliphatic rings. The highest BCUT2D eigenvalue weighted by Crippen LogP contribution is 2.20. The zero-order chi connectivity index (χ0) is 18.5. The summed E-state index contributed by atoms with van der Waals surface area (Å²) in [5.41, 5.74) is 0.831. The molecule has 0 saturated carbocycles. The lowest BCUT2D eigenvalue weighted by atomic mass is 10.1. The van der Waals surface area contributed by atoms with E-state index < -0.39 is 0 Å². The molecule has 3 rings (SSSR count). The van der Waals surface area contributed by atoms with Crippen LogP contribution in [0.2, 0.25) is 5.02 Å². The third kappa shape index (κ3) is 4.37. The van der Waals surface area contributed by atoms with Crippen LogP contribution in [0, 0.1) is 0 Å². The molecule has 2 saturated heterocycles. The minimum atomic E-state index is -0.252. The van der Waals surface area contributed by atoms with E-state index in [1.165, 1.54) is 0 Å². The molecule has 0 aromatic heterocycles. The monoisotopic (exact) mass is 379 g/mol. The first-order chi connectivity index (χ1) is 12.6. The van der Waals surface area contributed by atoms with Crippen molar-refractivity contribution in [1.29, 1.82) is 0 Å². The number of methoxy groups -OCH3 is 1. The Bertz CT molecular complexity index is 655. The van der Waals surface area contributed by atoms with Crippen molar-refractivity contribution in [2.45, 2.75) is 18.9 Å². The Hall–Kier alpha value is -1.63. The van der Waals surface area contributed by atoms with E-state index in [-0.39, 0.29) is 24.3 Å². The third-order valence-electron chi connectivity index (χ3n) is 5.18. The number of carbonyl (C=O) groups is 2. The highest BCUT2D eigenvalue weighted by Gasteiger charge is 2.38. The van der Waals surface area contributed by atoms with Crippen molar-refractivity contribution in [2.24, 2.45) is 0 Å². The molecule has 1 unspecified atom stereocenters. The number of nitrogens with zero attached hydrogens (tertiary/aromatic N) is 3. The summed E-state index contributed by atoms with van der Waals surface area (Å²) in [6, 6.07) is 7.17. The second kappa shape index (κ2) is 8.84. The van der Waals surface area contributed by atoms with Crippen LogP contribution in [0.4, 0.5) is 0 Å². The Labute approximate surface area is 159 Å². The summed E-state index contributed by atoms with van der Waals surface area (Å²) in [5.74, 6) is 0.132. The number of hydrogen-bond donors (Lipinski definition) is 0. The zero-order valence-electron chi connectivity index (χ0n) is 15.2. The van der Waals surface area contributed by atoms with Crippen LogP contribution in [0.15, 0.2) is 24.3 Å². The van der Waals surface area contributed by atoms with Crippen molar-refractivity contribution >= 4 is 23.4 Å². The first-order valence-corrected chi connectivity index (χ1v) is 9.51. The summed E-state index contributed by atoms with van der Waals surface area (Å²) in [4.78, 5) is 31.6. The first-order valence-electron chi connectivity index (χ1n) is 9.13. The van der Waals surface area contributed by atoms with Gasteiger partial charge in [-0.05, 0) is 18.1 Å². The van der Waals surface area contributed by atoms with Gasteiger partial charge in [0.05, 0.1) is 13.0 Å². The Kier molecular flexibility index (Phi) is 6.51. The second-order valence-corrected chi connectivity index (χ2v) is 7.24. The van der Waals surface area contributed by atoms with Crippen LogP contribution in [0.3, 0.4) is 0 Å². The topological polar surface area (TPSA) is 53.1 Å². The fourth-order valence-corrected chi connectivity index (χ4v) is 3.88. The Morgan fingerprint density at radius 2 is 2.04 bits per heavy atom. The molecule has 0 radical (unpaired) electrons. The summed E-state index contributed by atoms with van der Waals surface area (Å²) in [6.07, 6.45) is 1.16. The average molecular weight is 380 g/mol. The van der Waals surface area contributed by atoms with Gasteiger partial charge in [-0.2, -0.15) is 0 Å². The molecule has 142 valence electrons. The molecule has 0 spiro atoms. The van der Waals surface area contributed by atoms with E-state index in [4.69, 9.17) is 16.3 Å². The number of ether oxygens (including phenoxy) is 1. The lowest BCUT2D eigenvalue weighted by Gasteiger charge is -2.40. The molecule has 2 aliphatic heterocycles. The molecule has 6 nitrogen and oxygen atoms in total. The molecule has 2 fully saturated rings. The van der Waals surface area contributed by atoms with Crippen LogP contribution in [0.1, 0.15) is 12.0 Å². The maximum Gasteiger partial charge on any atom is 0.241 e. The van der Waals surface area contributed by atoms with Gasteiger partial charge in [0.25, 0.3) is 0 Å². The van der Waals surface area contributed by atoms with Gasteiger partial charge in [0.15, 0.2) is 0 Å². The third-order valence-corrected chi connectivity index (χ3v) is 5.55. The number of halogens is 1. The standard InChI is InChI=1S/C19H26ClN3O3/c1-26-12-11-22-10-9-21-7-4-8-23(14-17(21)19(22)25)18(24)13-15-5-2-3-6-16(15)20/h2-3,5-6,17H,4,7-14H2,1H3. The molecule has 0 bridgehead atoms. The Balaban J connectivity index is 1.67. The van der Waals surface area contributed by atoms with Crippen LogP contribution < -0.4 is 0 Å². The van der Waals surface area contributed by atoms with Crippen molar-refractivity contribution < 1.29 is 14.3 Å². The van der Waals surface area contributed by atoms with Crippen molar-refractivity contribution in [2.75, 3.05) is 53.0 Å². The fraction of sp³-hybridized carbons (Fsp3) is 0.579. The Morgan fingerprint density at radius 1 is 1.23 bits per heavy atom. The summed E-state index contributed by atoms with van der Waals surface area (Å²) in [6.45, 7) is 4.71. The summed E-state index contributed by atoms with van der Waals surface area (Å²) >= 11 is 6.19. The van der Waals surface area contributed by atoms with Gasteiger partial charge in [0.2, 0.25) is 11.8 Å². The van der Waals surface area contributed by atoms with E-state index >= 15 is 0 Å². The maximum atomic E-state index is 12.9. The van der Waals surface area contributed by atoms with Gasteiger partial charge in [-0.3, -0.25) is 14.5 Å². The van der Waals surface area contributed by atoms with E-state index in [9.17, 15) is 9.59 Å². The van der Waals surface area contributed by atoms with Gasteiger partial charge in [-0.1, -0.05) is 29.8 Å².